The van der Waals surface area contributed by atoms with E-state index in [0.29, 0.717) is 6.04 Å². The molecule has 7 rings (SSSR count). The van der Waals surface area contributed by atoms with Gasteiger partial charge >= 0.3 is 0 Å². The number of rotatable bonds is 10. The molecule has 1 aliphatic carbocycles. The van der Waals surface area contributed by atoms with Crippen molar-refractivity contribution in [1.82, 2.24) is 0 Å². The van der Waals surface area contributed by atoms with Gasteiger partial charge in [0, 0.05) is 34.5 Å². The molecule has 2 heteroatoms. The molecule has 0 spiro atoms. The normalized spacial score (nSPS) is 13.6. The SMILES string of the molecule is Cc1cccc(N(c2ccccc2)c2ccc(/C=C\c3ccc(/C=C\c4ccc(N(c5cccc(C)c5)C5CCCCC5)cc4)cc3)cc2)c1. The molecule has 50 heavy (non-hydrogen) atoms. The number of anilines is 5. The predicted octanol–water partition coefficient (Wildman–Crippen LogP) is 13.6. The first-order valence-corrected chi connectivity index (χ1v) is 18.0. The number of nitrogens with zero attached hydrogens (tertiary/aromatic N) is 2. The first-order valence-electron chi connectivity index (χ1n) is 18.0. The van der Waals surface area contributed by atoms with Gasteiger partial charge in [0.25, 0.3) is 0 Å². The summed E-state index contributed by atoms with van der Waals surface area (Å²) < 4.78 is 0. The van der Waals surface area contributed by atoms with Crippen LogP contribution in [0.5, 0.6) is 0 Å². The Labute approximate surface area is 298 Å². The molecule has 0 amide bonds. The van der Waals surface area contributed by atoms with Gasteiger partial charge in [0.05, 0.1) is 0 Å². The molecule has 0 radical (unpaired) electrons. The van der Waals surface area contributed by atoms with Crippen LogP contribution >= 0.6 is 0 Å². The highest BCUT2D eigenvalue weighted by Gasteiger charge is 2.23. The second-order valence-corrected chi connectivity index (χ2v) is 13.5. The number of hydrogen-bond acceptors (Lipinski definition) is 2. The highest BCUT2D eigenvalue weighted by Crippen LogP contribution is 2.36. The maximum absolute atomic E-state index is 2.57. The Bertz CT molecular complexity index is 2030. The zero-order valence-corrected chi connectivity index (χ0v) is 29.3. The summed E-state index contributed by atoms with van der Waals surface area (Å²) in [5.74, 6) is 0. The van der Waals surface area contributed by atoms with Gasteiger partial charge in [0.1, 0.15) is 0 Å². The molecule has 248 valence electrons. The summed E-state index contributed by atoms with van der Waals surface area (Å²) >= 11 is 0. The molecule has 0 atom stereocenters. The highest BCUT2D eigenvalue weighted by molar-refractivity contribution is 5.79. The number of hydrogen-bond donors (Lipinski definition) is 0. The molecular weight excluding hydrogens is 605 g/mol. The van der Waals surface area contributed by atoms with Crippen LogP contribution < -0.4 is 9.80 Å². The van der Waals surface area contributed by atoms with Crippen LogP contribution in [0.4, 0.5) is 28.4 Å². The van der Waals surface area contributed by atoms with Crippen LogP contribution in [0.1, 0.15) is 65.5 Å². The first kappa shape index (κ1) is 32.9. The average Bonchev–Trinajstić information content (AvgIpc) is 3.16. The minimum atomic E-state index is 0.563. The molecule has 0 aromatic heterocycles. The molecule has 6 aromatic carbocycles. The molecule has 0 N–H and O–H groups in total. The van der Waals surface area contributed by atoms with Gasteiger partial charge < -0.3 is 9.80 Å². The van der Waals surface area contributed by atoms with Gasteiger partial charge in [-0.05, 0) is 121 Å². The second kappa shape index (κ2) is 15.7. The van der Waals surface area contributed by atoms with Crippen LogP contribution in [0, 0.1) is 13.8 Å². The summed E-state index contributed by atoms with van der Waals surface area (Å²) in [4.78, 5) is 4.88. The zero-order chi connectivity index (χ0) is 34.1. The Morgan fingerprint density at radius 3 is 1.34 bits per heavy atom. The van der Waals surface area contributed by atoms with E-state index in [4.69, 9.17) is 0 Å². The van der Waals surface area contributed by atoms with Crippen molar-refractivity contribution in [2.75, 3.05) is 9.80 Å². The lowest BCUT2D eigenvalue weighted by atomic mass is 9.93. The van der Waals surface area contributed by atoms with Crippen LogP contribution in [0.25, 0.3) is 24.3 Å². The number of aryl methyl sites for hydroxylation is 2. The van der Waals surface area contributed by atoms with Gasteiger partial charge in [-0.3, -0.25) is 0 Å². The molecule has 1 aliphatic rings. The predicted molar refractivity (Wildman–Crippen MR) is 217 cm³/mol. The molecule has 0 bridgehead atoms. The summed E-state index contributed by atoms with van der Waals surface area (Å²) in [5, 5.41) is 0. The molecule has 0 heterocycles. The third-order valence-corrected chi connectivity index (χ3v) is 9.69. The molecule has 0 aliphatic heterocycles. The van der Waals surface area contributed by atoms with Crippen LogP contribution in [-0.4, -0.2) is 6.04 Å². The van der Waals surface area contributed by atoms with E-state index < -0.39 is 0 Å². The van der Waals surface area contributed by atoms with Crippen LogP contribution in [0.2, 0.25) is 0 Å². The summed E-state index contributed by atoms with van der Waals surface area (Å²) in [5.41, 5.74) is 13.3. The molecule has 6 aromatic rings. The summed E-state index contributed by atoms with van der Waals surface area (Å²) in [6.07, 6.45) is 15.3. The van der Waals surface area contributed by atoms with E-state index in [1.54, 1.807) is 0 Å². The lowest BCUT2D eigenvalue weighted by Crippen LogP contribution is -2.32. The monoisotopic (exact) mass is 650 g/mol. The van der Waals surface area contributed by atoms with Crippen LogP contribution in [0.3, 0.4) is 0 Å². The van der Waals surface area contributed by atoms with Crippen LogP contribution in [-0.2, 0) is 0 Å². The standard InChI is InChI=1S/C48H46N2/c1-37-11-9-17-47(35-37)49(43-13-5-3-6-14-43)45-31-27-41(28-32-45)25-23-39-19-21-40(22-20-39)24-26-42-29-33-46(34-30-42)50(44-15-7-4-8-16-44)48-18-10-12-38(2)36-48/h3,5-6,9-14,17-36,44H,4,7-8,15-16H2,1-2H3/b25-23-,26-24-. The topological polar surface area (TPSA) is 6.48 Å². The highest BCUT2D eigenvalue weighted by atomic mass is 15.2. The maximum atomic E-state index is 2.57. The van der Waals surface area contributed by atoms with Gasteiger partial charge in [-0.25, -0.2) is 0 Å². The lowest BCUT2D eigenvalue weighted by Gasteiger charge is -2.36. The maximum Gasteiger partial charge on any atom is 0.0464 e. The van der Waals surface area contributed by atoms with Crippen molar-refractivity contribution >= 4 is 52.7 Å². The Hall–Kier alpha value is -5.60. The lowest BCUT2D eigenvalue weighted by molar-refractivity contribution is 0.436. The molecule has 0 saturated heterocycles. The molecular formula is C48H46N2. The third kappa shape index (κ3) is 8.15. The molecule has 2 nitrogen and oxygen atoms in total. The zero-order valence-electron chi connectivity index (χ0n) is 29.3. The van der Waals surface area contributed by atoms with E-state index in [9.17, 15) is 0 Å². The van der Waals surface area contributed by atoms with Gasteiger partial charge in [-0.2, -0.15) is 0 Å². The Balaban J connectivity index is 1.01. The van der Waals surface area contributed by atoms with Crippen molar-refractivity contribution in [2.45, 2.75) is 52.0 Å². The van der Waals surface area contributed by atoms with E-state index in [0.717, 1.165) is 17.1 Å². The average molecular weight is 651 g/mol. The van der Waals surface area contributed by atoms with Crippen molar-refractivity contribution in [1.29, 1.82) is 0 Å². The summed E-state index contributed by atoms with van der Waals surface area (Å²) in [6, 6.07) is 55.3. The van der Waals surface area contributed by atoms with Crippen molar-refractivity contribution in [3.8, 4) is 0 Å². The van der Waals surface area contributed by atoms with E-state index in [1.165, 1.54) is 76.9 Å². The smallest absolute Gasteiger partial charge is 0.0464 e. The fourth-order valence-electron chi connectivity index (χ4n) is 7.06. The second-order valence-electron chi connectivity index (χ2n) is 13.5. The number of benzene rings is 6. The molecule has 1 saturated carbocycles. The molecule has 1 fully saturated rings. The van der Waals surface area contributed by atoms with Gasteiger partial charge in [0.15, 0.2) is 0 Å². The Morgan fingerprint density at radius 1 is 0.400 bits per heavy atom. The van der Waals surface area contributed by atoms with Gasteiger partial charge in [0.2, 0.25) is 0 Å². The molecule has 0 unspecified atom stereocenters. The summed E-state index contributed by atoms with van der Waals surface area (Å²) in [6.45, 7) is 4.32. The van der Waals surface area contributed by atoms with E-state index >= 15 is 0 Å². The Kier molecular flexibility index (Phi) is 10.4. The Morgan fingerprint density at radius 2 is 0.820 bits per heavy atom. The minimum Gasteiger partial charge on any atom is -0.338 e. The van der Waals surface area contributed by atoms with E-state index in [2.05, 4.69) is 200 Å². The fraction of sp³-hybridized carbons (Fsp3) is 0.167. The fourth-order valence-corrected chi connectivity index (χ4v) is 7.06. The van der Waals surface area contributed by atoms with E-state index in [-0.39, 0.29) is 0 Å². The quantitative estimate of drug-likeness (QED) is 0.136. The summed E-state index contributed by atoms with van der Waals surface area (Å²) in [7, 11) is 0. The van der Waals surface area contributed by atoms with Crippen molar-refractivity contribution in [3.05, 3.63) is 185 Å². The number of para-hydroxylation sites is 1. The van der Waals surface area contributed by atoms with Gasteiger partial charge in [-0.15, -0.1) is 0 Å². The van der Waals surface area contributed by atoms with Crippen LogP contribution in [0.15, 0.2) is 152 Å². The van der Waals surface area contributed by atoms with Crippen molar-refractivity contribution < 1.29 is 0 Å². The third-order valence-electron chi connectivity index (χ3n) is 9.69. The largest absolute Gasteiger partial charge is 0.338 e. The van der Waals surface area contributed by atoms with Crippen molar-refractivity contribution in [2.24, 2.45) is 0 Å². The van der Waals surface area contributed by atoms with E-state index in [1.807, 2.05) is 0 Å². The first-order chi connectivity index (χ1) is 24.6. The minimum absolute atomic E-state index is 0.563. The van der Waals surface area contributed by atoms with Crippen molar-refractivity contribution in [3.63, 3.8) is 0 Å². The van der Waals surface area contributed by atoms with Gasteiger partial charge in [-0.1, -0.05) is 135 Å².